The minimum absolute atomic E-state index is 0.000174. The number of nitrogens with two attached hydrogens (primary N) is 1. The smallest absolute Gasteiger partial charge is 0.224 e. The maximum atomic E-state index is 12.1. The van der Waals surface area contributed by atoms with Crippen LogP contribution in [-0.2, 0) is 9.59 Å². The van der Waals surface area contributed by atoms with E-state index >= 15 is 0 Å². The molecular formula is C22H26N4O2. The number of anilines is 3. The van der Waals surface area contributed by atoms with Crippen LogP contribution in [0.1, 0.15) is 49.3 Å². The van der Waals surface area contributed by atoms with Gasteiger partial charge in [-0.2, -0.15) is 0 Å². The van der Waals surface area contributed by atoms with Gasteiger partial charge in [-0.25, -0.2) is 0 Å². The Morgan fingerprint density at radius 2 is 1.61 bits per heavy atom. The topological polar surface area (TPSA) is 96.6 Å². The Bertz CT molecular complexity index is 869. The quantitative estimate of drug-likeness (QED) is 0.450. The van der Waals surface area contributed by atoms with Gasteiger partial charge < -0.3 is 16.4 Å². The predicted octanol–water partition coefficient (Wildman–Crippen LogP) is 4.23. The van der Waals surface area contributed by atoms with Crippen LogP contribution in [0.4, 0.5) is 17.1 Å². The van der Waals surface area contributed by atoms with Crippen molar-refractivity contribution >= 4 is 35.1 Å². The number of carbonyl (C=O) groups is 2. The van der Waals surface area contributed by atoms with E-state index in [9.17, 15) is 9.59 Å². The average molecular weight is 378 g/mol. The first-order chi connectivity index (χ1) is 13.5. The number of amides is 2. The largest absolute Gasteiger partial charge is 0.397 e. The third kappa shape index (κ3) is 5.94. The summed E-state index contributed by atoms with van der Waals surface area (Å²) in [6.45, 7) is 2.01. The normalized spacial score (nSPS) is 14.5. The number of aliphatic imine (C=N–C) groups is 1. The molecule has 0 aromatic heterocycles. The van der Waals surface area contributed by atoms with Crippen molar-refractivity contribution < 1.29 is 9.59 Å². The first kappa shape index (κ1) is 19.6. The molecule has 1 aliphatic heterocycles. The van der Waals surface area contributed by atoms with E-state index in [1.54, 1.807) is 6.07 Å². The summed E-state index contributed by atoms with van der Waals surface area (Å²) in [5, 5.41) is 5.76. The Kier molecular flexibility index (Phi) is 6.42. The van der Waals surface area contributed by atoms with Crippen molar-refractivity contribution in [1.29, 1.82) is 0 Å². The van der Waals surface area contributed by atoms with Gasteiger partial charge in [-0.3, -0.25) is 14.6 Å². The number of benzene rings is 2. The van der Waals surface area contributed by atoms with Crippen molar-refractivity contribution in [3.05, 3.63) is 53.6 Å². The Balaban J connectivity index is 1.32. The van der Waals surface area contributed by atoms with Crippen molar-refractivity contribution in [3.63, 3.8) is 0 Å². The molecule has 6 heteroatoms. The summed E-state index contributed by atoms with van der Waals surface area (Å²) < 4.78 is 0. The Morgan fingerprint density at radius 1 is 0.964 bits per heavy atom. The summed E-state index contributed by atoms with van der Waals surface area (Å²) in [4.78, 5) is 28.2. The van der Waals surface area contributed by atoms with Gasteiger partial charge in [0.25, 0.3) is 0 Å². The van der Waals surface area contributed by atoms with Gasteiger partial charge in [0.15, 0.2) is 0 Å². The van der Waals surface area contributed by atoms with E-state index in [0.29, 0.717) is 24.2 Å². The third-order valence-electron chi connectivity index (χ3n) is 4.63. The van der Waals surface area contributed by atoms with Crippen molar-refractivity contribution in [1.82, 2.24) is 0 Å². The molecule has 0 fully saturated rings. The molecule has 4 N–H and O–H groups in total. The fourth-order valence-corrected chi connectivity index (χ4v) is 2.90. The number of nitrogens with one attached hydrogen (secondary N) is 2. The highest BCUT2D eigenvalue weighted by Gasteiger charge is 2.17. The van der Waals surface area contributed by atoms with Crippen LogP contribution in [0.25, 0.3) is 0 Å². The molecular weight excluding hydrogens is 352 g/mol. The lowest BCUT2D eigenvalue weighted by molar-refractivity contribution is -0.116. The van der Waals surface area contributed by atoms with Gasteiger partial charge in [0.1, 0.15) is 6.04 Å². The monoisotopic (exact) mass is 378 g/mol. The van der Waals surface area contributed by atoms with E-state index in [-0.39, 0.29) is 17.9 Å². The first-order valence-electron chi connectivity index (χ1n) is 9.60. The minimum Gasteiger partial charge on any atom is -0.397 e. The predicted molar refractivity (Wildman–Crippen MR) is 114 cm³/mol. The molecule has 1 unspecified atom stereocenters. The van der Waals surface area contributed by atoms with Crippen molar-refractivity contribution in [2.45, 2.75) is 45.1 Å². The molecule has 0 radical (unpaired) electrons. The highest BCUT2D eigenvalue weighted by Crippen LogP contribution is 2.29. The van der Waals surface area contributed by atoms with Crippen LogP contribution in [0.5, 0.6) is 0 Å². The first-order valence-corrected chi connectivity index (χ1v) is 9.60. The van der Waals surface area contributed by atoms with E-state index in [1.807, 2.05) is 49.5 Å². The highest BCUT2D eigenvalue weighted by molar-refractivity contribution is 5.94. The van der Waals surface area contributed by atoms with E-state index in [2.05, 4.69) is 15.6 Å². The Morgan fingerprint density at radius 3 is 2.25 bits per heavy atom. The third-order valence-corrected chi connectivity index (χ3v) is 4.63. The van der Waals surface area contributed by atoms with Gasteiger partial charge in [-0.05, 0) is 49.6 Å². The number of nitrogens with zero attached hydrogens (tertiary/aromatic N) is 1. The van der Waals surface area contributed by atoms with E-state index in [4.69, 9.17) is 5.73 Å². The van der Waals surface area contributed by atoms with Gasteiger partial charge in [-0.15, -0.1) is 0 Å². The molecule has 6 nitrogen and oxygen atoms in total. The van der Waals surface area contributed by atoms with Gasteiger partial charge >= 0.3 is 0 Å². The van der Waals surface area contributed by atoms with Crippen LogP contribution in [0, 0.1) is 6.92 Å². The van der Waals surface area contributed by atoms with E-state index < -0.39 is 0 Å². The number of rotatable bonds is 9. The van der Waals surface area contributed by atoms with E-state index in [0.717, 1.165) is 36.1 Å². The lowest BCUT2D eigenvalue weighted by atomic mass is 10.1. The Hall–Kier alpha value is -3.15. The molecule has 0 saturated carbocycles. The molecule has 2 aromatic rings. The zero-order valence-corrected chi connectivity index (χ0v) is 16.1. The maximum absolute atomic E-state index is 12.1. The van der Waals surface area contributed by atoms with Gasteiger partial charge in [0, 0.05) is 24.7 Å². The lowest BCUT2D eigenvalue weighted by Crippen LogP contribution is -2.13. The number of hydrogen-bond acceptors (Lipinski definition) is 4. The van der Waals surface area contributed by atoms with Crippen molar-refractivity contribution in [2.75, 3.05) is 16.4 Å². The van der Waals surface area contributed by atoms with Crippen LogP contribution in [-0.4, -0.2) is 18.0 Å². The van der Waals surface area contributed by atoms with E-state index in [1.165, 1.54) is 0 Å². The summed E-state index contributed by atoms with van der Waals surface area (Å²) in [6, 6.07) is 13.4. The molecule has 1 aliphatic rings. The minimum atomic E-state index is -0.0651. The molecule has 0 saturated heterocycles. The number of hydrogen-bond donors (Lipinski definition) is 3. The van der Waals surface area contributed by atoms with Crippen LogP contribution in [0.3, 0.4) is 0 Å². The highest BCUT2D eigenvalue weighted by atomic mass is 16.2. The van der Waals surface area contributed by atoms with Crippen LogP contribution in [0.2, 0.25) is 0 Å². The van der Waals surface area contributed by atoms with Gasteiger partial charge in [0.2, 0.25) is 11.8 Å². The molecule has 0 aliphatic carbocycles. The molecule has 3 rings (SSSR count). The average Bonchev–Trinajstić information content (AvgIpc) is 3.50. The standard InChI is InChI=1S/C22H26N4O2/c1-15-7-10-17(11-8-15)25-21(27)5-3-2-4-6-22(28)26-19-13-16(20-14-24-20)9-12-18(19)23/h7-14,20H,2-6,23H2,1H3,(H,25,27)(H,26,28). The van der Waals surface area contributed by atoms with Crippen molar-refractivity contribution in [2.24, 2.45) is 4.99 Å². The van der Waals surface area contributed by atoms with Crippen LogP contribution < -0.4 is 16.4 Å². The number of nitrogen functional groups attached to an aromatic ring is 1. The molecule has 0 bridgehead atoms. The number of aryl methyl sites for hydroxylation is 1. The van der Waals surface area contributed by atoms with Crippen LogP contribution in [0.15, 0.2) is 47.5 Å². The second-order valence-corrected chi connectivity index (χ2v) is 7.11. The molecule has 1 heterocycles. The molecule has 146 valence electrons. The zero-order valence-electron chi connectivity index (χ0n) is 16.1. The summed E-state index contributed by atoms with van der Waals surface area (Å²) in [5.41, 5.74) is 10.1. The molecule has 1 atom stereocenters. The fraction of sp³-hybridized carbons (Fsp3) is 0.318. The zero-order chi connectivity index (χ0) is 19.9. The molecule has 28 heavy (non-hydrogen) atoms. The Labute approximate surface area is 165 Å². The second kappa shape index (κ2) is 9.17. The van der Waals surface area contributed by atoms with Gasteiger partial charge in [0.05, 0.1) is 11.4 Å². The maximum Gasteiger partial charge on any atom is 0.224 e. The second-order valence-electron chi connectivity index (χ2n) is 7.11. The van der Waals surface area contributed by atoms with Crippen molar-refractivity contribution in [3.8, 4) is 0 Å². The summed E-state index contributed by atoms with van der Waals surface area (Å²) in [5.74, 6) is -0.0649. The fourth-order valence-electron chi connectivity index (χ4n) is 2.90. The number of unbranched alkanes of at least 4 members (excludes halogenated alkanes) is 2. The van der Waals surface area contributed by atoms with Crippen LogP contribution >= 0.6 is 0 Å². The summed E-state index contributed by atoms with van der Waals surface area (Å²) in [6.07, 6.45) is 5.01. The lowest BCUT2D eigenvalue weighted by Gasteiger charge is -2.10. The summed E-state index contributed by atoms with van der Waals surface area (Å²) in [7, 11) is 0. The molecule has 0 spiro atoms. The summed E-state index contributed by atoms with van der Waals surface area (Å²) >= 11 is 0. The molecule has 2 amide bonds. The number of carbonyl (C=O) groups excluding carboxylic acids is 2. The SMILES string of the molecule is Cc1ccc(NC(=O)CCCCCC(=O)Nc2cc(C3C=N3)ccc2N)cc1. The molecule has 2 aromatic carbocycles. The van der Waals surface area contributed by atoms with Gasteiger partial charge in [-0.1, -0.05) is 30.2 Å².